The van der Waals surface area contributed by atoms with Gasteiger partial charge in [-0.25, -0.2) is 0 Å². The van der Waals surface area contributed by atoms with Crippen molar-refractivity contribution in [1.82, 2.24) is 4.98 Å². The molecule has 0 fully saturated rings. The summed E-state index contributed by atoms with van der Waals surface area (Å²) >= 11 is 12.8. The molecular formula is C17H18Cl3N5. The highest BCUT2D eigenvalue weighted by atomic mass is 35.5. The van der Waals surface area contributed by atoms with Gasteiger partial charge >= 0.3 is 0 Å². The molecule has 8 heteroatoms. The number of hydrogen-bond acceptors (Lipinski definition) is 3. The summed E-state index contributed by atoms with van der Waals surface area (Å²) in [5.41, 5.74) is 15.6. The van der Waals surface area contributed by atoms with Crippen molar-refractivity contribution in [2.45, 2.75) is 25.7 Å². The van der Waals surface area contributed by atoms with Crippen molar-refractivity contribution in [1.29, 1.82) is 0 Å². The molecule has 0 radical (unpaired) electrons. The maximum atomic E-state index is 6.38. The Morgan fingerprint density at radius 1 is 1.16 bits per heavy atom. The van der Waals surface area contributed by atoms with E-state index in [2.05, 4.69) is 15.2 Å². The molecular weight excluding hydrogens is 381 g/mol. The molecule has 0 aliphatic heterocycles. The lowest BCUT2D eigenvalue weighted by atomic mass is 9.80. The molecule has 0 saturated carbocycles. The summed E-state index contributed by atoms with van der Waals surface area (Å²) in [5, 5.41) is 9.36. The molecule has 1 atom stereocenters. The van der Waals surface area contributed by atoms with Crippen molar-refractivity contribution in [2.24, 2.45) is 21.7 Å². The van der Waals surface area contributed by atoms with Crippen molar-refractivity contribution in [3.63, 3.8) is 0 Å². The zero-order chi connectivity index (χ0) is 17.3. The van der Waals surface area contributed by atoms with Gasteiger partial charge in [0.25, 0.3) is 0 Å². The molecule has 1 aromatic carbocycles. The molecule has 0 spiro atoms. The summed E-state index contributed by atoms with van der Waals surface area (Å²) in [6.07, 6.45) is 3.17. The number of fused-ring (bicyclic) bond motifs is 1. The molecule has 0 bridgehead atoms. The van der Waals surface area contributed by atoms with Gasteiger partial charge in [0.15, 0.2) is 0 Å². The average molecular weight is 399 g/mol. The zero-order valence-electron chi connectivity index (χ0n) is 13.5. The third-order valence-electron chi connectivity index (χ3n) is 4.10. The van der Waals surface area contributed by atoms with Gasteiger partial charge in [0.1, 0.15) is 0 Å². The standard InChI is InChI=1S/C17H17Cl2N5.ClH/c1-9-5-6-22-13-7-10(16-11(18)3-2-4-12(16)19)8-14(15(9)13)23-24-17(20)21;/h2-6,10H,7-8H2,1H3,(H4,20,21,24);1H. The van der Waals surface area contributed by atoms with Gasteiger partial charge in [-0.15, -0.1) is 17.5 Å². The quantitative estimate of drug-likeness (QED) is 0.457. The second-order valence-corrected chi connectivity index (χ2v) is 6.58. The Labute approximate surface area is 162 Å². The van der Waals surface area contributed by atoms with E-state index in [4.69, 9.17) is 34.7 Å². The maximum absolute atomic E-state index is 6.38. The minimum atomic E-state index is -0.0801. The van der Waals surface area contributed by atoms with Gasteiger partial charge < -0.3 is 11.5 Å². The van der Waals surface area contributed by atoms with Crippen LogP contribution in [0.25, 0.3) is 0 Å². The molecule has 4 N–H and O–H groups in total. The maximum Gasteiger partial charge on any atom is 0.211 e. The molecule has 3 rings (SSSR count). The smallest absolute Gasteiger partial charge is 0.211 e. The molecule has 25 heavy (non-hydrogen) atoms. The van der Waals surface area contributed by atoms with Crippen LogP contribution >= 0.6 is 35.6 Å². The lowest BCUT2D eigenvalue weighted by Gasteiger charge is -2.27. The van der Waals surface area contributed by atoms with Crippen molar-refractivity contribution >= 4 is 47.3 Å². The number of benzene rings is 1. The molecule has 1 aliphatic rings. The predicted octanol–water partition coefficient (Wildman–Crippen LogP) is 3.83. The Balaban J connectivity index is 0.00000225. The van der Waals surface area contributed by atoms with E-state index in [1.54, 1.807) is 6.20 Å². The Bertz CT molecular complexity index is 824. The van der Waals surface area contributed by atoms with E-state index in [1.807, 2.05) is 31.2 Å². The van der Waals surface area contributed by atoms with Crippen molar-refractivity contribution in [2.75, 3.05) is 0 Å². The SMILES string of the molecule is Cc1ccnc2c1C(=NN=C(N)N)CC(c1c(Cl)cccc1Cl)C2.Cl. The van der Waals surface area contributed by atoms with Crippen LogP contribution in [0.3, 0.4) is 0 Å². The van der Waals surface area contributed by atoms with Gasteiger partial charge in [-0.1, -0.05) is 29.3 Å². The normalized spacial score (nSPS) is 17.6. The number of aromatic nitrogens is 1. The van der Waals surface area contributed by atoms with E-state index in [-0.39, 0.29) is 24.3 Å². The fourth-order valence-corrected chi connectivity index (χ4v) is 3.82. The molecule has 1 unspecified atom stereocenters. The first-order chi connectivity index (χ1) is 11.5. The topological polar surface area (TPSA) is 89.6 Å². The summed E-state index contributed by atoms with van der Waals surface area (Å²) in [4.78, 5) is 4.51. The molecule has 1 heterocycles. The van der Waals surface area contributed by atoms with E-state index in [0.29, 0.717) is 16.5 Å². The van der Waals surface area contributed by atoms with Crippen molar-refractivity contribution in [3.8, 4) is 0 Å². The number of hydrogen-bond donors (Lipinski definition) is 2. The van der Waals surface area contributed by atoms with Crippen LogP contribution in [-0.2, 0) is 6.42 Å². The van der Waals surface area contributed by atoms with Gasteiger partial charge in [-0.2, -0.15) is 5.10 Å². The molecule has 1 aromatic heterocycles. The summed E-state index contributed by atoms with van der Waals surface area (Å²) < 4.78 is 0. The Hall–Kier alpha value is -1.82. The summed E-state index contributed by atoms with van der Waals surface area (Å²) in [6.45, 7) is 2.02. The van der Waals surface area contributed by atoms with Crippen LogP contribution in [0.2, 0.25) is 10.0 Å². The lowest BCUT2D eigenvalue weighted by molar-refractivity contribution is 0.677. The molecule has 132 valence electrons. The highest BCUT2D eigenvalue weighted by Crippen LogP contribution is 2.39. The summed E-state index contributed by atoms with van der Waals surface area (Å²) in [7, 11) is 0. The second kappa shape index (κ2) is 8.04. The predicted molar refractivity (Wildman–Crippen MR) is 106 cm³/mol. The van der Waals surface area contributed by atoms with E-state index >= 15 is 0 Å². The zero-order valence-corrected chi connectivity index (χ0v) is 15.9. The Morgan fingerprint density at radius 2 is 1.84 bits per heavy atom. The highest BCUT2D eigenvalue weighted by Gasteiger charge is 2.29. The van der Waals surface area contributed by atoms with E-state index < -0.39 is 0 Å². The van der Waals surface area contributed by atoms with Crippen LogP contribution in [-0.4, -0.2) is 16.7 Å². The van der Waals surface area contributed by atoms with Crippen LogP contribution < -0.4 is 11.5 Å². The number of halogens is 3. The van der Waals surface area contributed by atoms with Crippen LogP contribution in [0.1, 0.15) is 34.7 Å². The van der Waals surface area contributed by atoms with E-state index in [0.717, 1.165) is 34.5 Å². The van der Waals surface area contributed by atoms with Crippen molar-refractivity contribution in [3.05, 3.63) is 62.9 Å². The van der Waals surface area contributed by atoms with Crippen LogP contribution in [0.5, 0.6) is 0 Å². The largest absolute Gasteiger partial charge is 0.369 e. The van der Waals surface area contributed by atoms with Crippen molar-refractivity contribution < 1.29 is 0 Å². The van der Waals surface area contributed by atoms with Gasteiger partial charge in [0.05, 0.1) is 11.4 Å². The summed E-state index contributed by atoms with van der Waals surface area (Å²) in [6, 6.07) is 7.47. The van der Waals surface area contributed by atoms with Gasteiger partial charge in [-0.05, 0) is 55.0 Å². The molecule has 5 nitrogen and oxygen atoms in total. The van der Waals surface area contributed by atoms with Gasteiger partial charge in [-0.3, -0.25) is 4.98 Å². The van der Waals surface area contributed by atoms with E-state index in [1.165, 1.54) is 0 Å². The van der Waals surface area contributed by atoms with E-state index in [9.17, 15) is 0 Å². The van der Waals surface area contributed by atoms with Crippen LogP contribution in [0, 0.1) is 6.92 Å². The van der Waals surface area contributed by atoms with Crippen LogP contribution in [0.15, 0.2) is 40.7 Å². The third-order valence-corrected chi connectivity index (χ3v) is 4.76. The highest BCUT2D eigenvalue weighted by molar-refractivity contribution is 6.36. The third kappa shape index (κ3) is 4.06. The van der Waals surface area contributed by atoms with Gasteiger partial charge in [0, 0.05) is 21.8 Å². The molecule has 0 amide bonds. The Kier molecular flexibility index (Phi) is 6.27. The number of nitrogens with two attached hydrogens (primary N) is 2. The number of guanidine groups is 1. The van der Waals surface area contributed by atoms with Gasteiger partial charge in [0.2, 0.25) is 5.96 Å². The first kappa shape index (κ1) is 19.5. The number of nitrogens with zero attached hydrogens (tertiary/aromatic N) is 3. The minimum Gasteiger partial charge on any atom is -0.369 e. The Morgan fingerprint density at radius 3 is 2.48 bits per heavy atom. The fraction of sp³-hybridized carbons (Fsp3) is 0.235. The first-order valence-corrected chi connectivity index (χ1v) is 8.27. The first-order valence-electron chi connectivity index (χ1n) is 7.51. The van der Waals surface area contributed by atoms with Crippen LogP contribution in [0.4, 0.5) is 0 Å². The fourth-order valence-electron chi connectivity index (χ4n) is 3.12. The lowest BCUT2D eigenvalue weighted by Crippen LogP contribution is -2.24. The molecule has 2 aromatic rings. The second-order valence-electron chi connectivity index (χ2n) is 5.76. The monoisotopic (exact) mass is 397 g/mol. The molecule has 1 aliphatic carbocycles. The average Bonchev–Trinajstić information content (AvgIpc) is 2.52. The number of rotatable bonds is 2. The minimum absolute atomic E-state index is 0. The number of pyridine rings is 1. The molecule has 0 saturated heterocycles. The number of aryl methyl sites for hydroxylation is 1. The summed E-state index contributed by atoms with van der Waals surface area (Å²) in [5.74, 6) is -0.00978.